The molecule has 0 radical (unpaired) electrons. The van der Waals surface area contributed by atoms with Gasteiger partial charge in [-0.2, -0.15) is 0 Å². The standard InChI is InChI=1S/C15H20N2O2S/c1-11-7-10-20-14(11)3-4-15(19)16-13-5-8-17(9-6-13)12(2)18/h3-4,7,10,13H,5-6,8-9H2,1-2H3,(H,16,19). The highest BCUT2D eigenvalue weighted by Gasteiger charge is 2.21. The Hall–Kier alpha value is -1.62. The van der Waals surface area contributed by atoms with Gasteiger partial charge in [-0.15, -0.1) is 11.3 Å². The first-order valence-electron chi connectivity index (χ1n) is 6.84. The van der Waals surface area contributed by atoms with Crippen LogP contribution in [0, 0.1) is 6.92 Å². The Balaban J connectivity index is 1.80. The molecule has 0 unspecified atom stereocenters. The second-order valence-corrected chi connectivity index (χ2v) is 6.04. The zero-order valence-electron chi connectivity index (χ0n) is 11.9. The van der Waals surface area contributed by atoms with Crippen molar-refractivity contribution in [1.29, 1.82) is 0 Å². The van der Waals surface area contributed by atoms with Crippen LogP contribution < -0.4 is 5.32 Å². The lowest BCUT2D eigenvalue weighted by molar-refractivity contribution is -0.129. The molecule has 1 N–H and O–H groups in total. The second kappa shape index (κ2) is 6.70. The minimum Gasteiger partial charge on any atom is -0.350 e. The lowest BCUT2D eigenvalue weighted by Crippen LogP contribution is -2.45. The molecule has 1 aliphatic heterocycles. The van der Waals surface area contributed by atoms with E-state index in [0.29, 0.717) is 0 Å². The number of hydrogen-bond donors (Lipinski definition) is 1. The number of aryl methyl sites for hydroxylation is 1. The molecule has 1 aliphatic rings. The molecule has 1 aromatic rings. The number of nitrogens with zero attached hydrogens (tertiary/aromatic N) is 1. The summed E-state index contributed by atoms with van der Waals surface area (Å²) in [6.45, 7) is 5.08. The van der Waals surface area contributed by atoms with Gasteiger partial charge in [-0.1, -0.05) is 0 Å². The molecule has 1 fully saturated rings. The second-order valence-electron chi connectivity index (χ2n) is 5.09. The van der Waals surface area contributed by atoms with Gasteiger partial charge >= 0.3 is 0 Å². The Morgan fingerprint density at radius 1 is 1.40 bits per heavy atom. The molecule has 4 nitrogen and oxygen atoms in total. The van der Waals surface area contributed by atoms with Crippen molar-refractivity contribution >= 4 is 29.2 Å². The summed E-state index contributed by atoms with van der Waals surface area (Å²) in [6.07, 6.45) is 5.12. The maximum absolute atomic E-state index is 11.9. The molecular formula is C15H20N2O2S. The van der Waals surface area contributed by atoms with Gasteiger partial charge in [0.25, 0.3) is 0 Å². The fourth-order valence-corrected chi connectivity index (χ4v) is 3.11. The van der Waals surface area contributed by atoms with E-state index in [1.165, 1.54) is 5.56 Å². The van der Waals surface area contributed by atoms with Crippen molar-refractivity contribution in [2.24, 2.45) is 0 Å². The fourth-order valence-electron chi connectivity index (χ4n) is 2.29. The summed E-state index contributed by atoms with van der Waals surface area (Å²) < 4.78 is 0. The highest BCUT2D eigenvalue weighted by molar-refractivity contribution is 7.11. The highest BCUT2D eigenvalue weighted by atomic mass is 32.1. The minimum atomic E-state index is -0.0564. The number of likely N-dealkylation sites (tertiary alicyclic amines) is 1. The van der Waals surface area contributed by atoms with Gasteiger partial charge in [0.2, 0.25) is 11.8 Å². The van der Waals surface area contributed by atoms with Crippen LogP contribution in [0.15, 0.2) is 17.5 Å². The van der Waals surface area contributed by atoms with Crippen LogP contribution in [0.1, 0.15) is 30.2 Å². The van der Waals surface area contributed by atoms with Gasteiger partial charge in [-0.05, 0) is 42.9 Å². The number of carbonyl (C=O) groups is 2. The summed E-state index contributed by atoms with van der Waals surface area (Å²) in [5.74, 6) is 0.0573. The average Bonchev–Trinajstić information content (AvgIpc) is 2.82. The van der Waals surface area contributed by atoms with Gasteiger partial charge < -0.3 is 10.2 Å². The van der Waals surface area contributed by atoms with Crippen molar-refractivity contribution in [3.8, 4) is 0 Å². The van der Waals surface area contributed by atoms with Crippen LogP contribution >= 0.6 is 11.3 Å². The maximum atomic E-state index is 11.9. The normalized spacial score (nSPS) is 16.6. The quantitative estimate of drug-likeness (QED) is 0.868. The van der Waals surface area contributed by atoms with Crippen LogP contribution in [0.3, 0.4) is 0 Å². The number of thiophene rings is 1. The number of rotatable bonds is 3. The lowest BCUT2D eigenvalue weighted by atomic mass is 10.1. The van der Waals surface area contributed by atoms with Gasteiger partial charge in [-0.25, -0.2) is 0 Å². The molecule has 0 bridgehead atoms. The van der Waals surface area contributed by atoms with Crippen LogP contribution in [-0.2, 0) is 9.59 Å². The van der Waals surface area contributed by atoms with E-state index in [-0.39, 0.29) is 17.9 Å². The molecule has 2 rings (SSSR count). The first-order valence-corrected chi connectivity index (χ1v) is 7.72. The highest BCUT2D eigenvalue weighted by Crippen LogP contribution is 2.17. The van der Waals surface area contributed by atoms with Crippen molar-refractivity contribution < 1.29 is 9.59 Å². The van der Waals surface area contributed by atoms with E-state index in [9.17, 15) is 9.59 Å². The molecule has 0 atom stereocenters. The average molecular weight is 292 g/mol. The van der Waals surface area contributed by atoms with Gasteiger partial charge in [0, 0.05) is 37.0 Å². The minimum absolute atomic E-state index is 0.0564. The molecule has 1 saturated heterocycles. The SMILES string of the molecule is CC(=O)N1CCC(NC(=O)C=Cc2sccc2C)CC1. The van der Waals surface area contributed by atoms with Crippen molar-refractivity contribution in [1.82, 2.24) is 10.2 Å². The first-order chi connectivity index (χ1) is 9.56. The number of amides is 2. The maximum Gasteiger partial charge on any atom is 0.244 e. The Bertz CT molecular complexity index is 514. The van der Waals surface area contributed by atoms with Crippen LogP contribution in [0.25, 0.3) is 6.08 Å². The van der Waals surface area contributed by atoms with E-state index in [0.717, 1.165) is 30.8 Å². The van der Waals surface area contributed by atoms with Gasteiger partial charge in [0.15, 0.2) is 0 Å². The van der Waals surface area contributed by atoms with Crippen LogP contribution in [0.4, 0.5) is 0 Å². The summed E-state index contributed by atoms with van der Waals surface area (Å²) in [5.41, 5.74) is 1.19. The largest absolute Gasteiger partial charge is 0.350 e. The van der Waals surface area contributed by atoms with Crippen molar-refractivity contribution in [2.75, 3.05) is 13.1 Å². The Labute approximate surface area is 123 Å². The Kier molecular flexibility index (Phi) is 4.95. The molecule has 108 valence electrons. The molecule has 0 aromatic carbocycles. The first kappa shape index (κ1) is 14.8. The summed E-state index contributed by atoms with van der Waals surface area (Å²) in [4.78, 5) is 26.0. The number of nitrogens with one attached hydrogen (secondary N) is 1. The molecule has 20 heavy (non-hydrogen) atoms. The summed E-state index contributed by atoms with van der Waals surface area (Å²) in [6, 6.07) is 2.21. The zero-order valence-corrected chi connectivity index (χ0v) is 12.7. The molecular weight excluding hydrogens is 272 g/mol. The fraction of sp³-hybridized carbons (Fsp3) is 0.467. The summed E-state index contributed by atoms with van der Waals surface area (Å²) in [7, 11) is 0. The smallest absolute Gasteiger partial charge is 0.244 e. The van der Waals surface area contributed by atoms with Gasteiger partial charge in [-0.3, -0.25) is 9.59 Å². The molecule has 0 spiro atoms. The van der Waals surface area contributed by atoms with Crippen molar-refractivity contribution in [3.05, 3.63) is 28.0 Å². The predicted molar refractivity (Wildman–Crippen MR) is 81.5 cm³/mol. The molecule has 2 heterocycles. The van der Waals surface area contributed by atoms with Gasteiger partial charge in [0.05, 0.1) is 0 Å². The molecule has 0 aliphatic carbocycles. The number of carbonyl (C=O) groups excluding carboxylic acids is 2. The van der Waals surface area contributed by atoms with Crippen LogP contribution in [0.2, 0.25) is 0 Å². The van der Waals surface area contributed by atoms with E-state index in [4.69, 9.17) is 0 Å². The van der Waals surface area contributed by atoms with E-state index >= 15 is 0 Å². The van der Waals surface area contributed by atoms with Crippen LogP contribution in [-0.4, -0.2) is 35.8 Å². The Morgan fingerprint density at radius 2 is 2.10 bits per heavy atom. The van der Waals surface area contributed by atoms with Crippen molar-refractivity contribution in [3.63, 3.8) is 0 Å². The summed E-state index contributed by atoms with van der Waals surface area (Å²) in [5, 5.41) is 5.02. The van der Waals surface area contributed by atoms with Gasteiger partial charge in [0.1, 0.15) is 0 Å². The third-order valence-corrected chi connectivity index (χ3v) is 4.56. The molecule has 1 aromatic heterocycles. The monoisotopic (exact) mass is 292 g/mol. The lowest BCUT2D eigenvalue weighted by Gasteiger charge is -2.31. The molecule has 2 amide bonds. The van der Waals surface area contributed by atoms with E-state index < -0.39 is 0 Å². The van der Waals surface area contributed by atoms with Crippen LogP contribution in [0.5, 0.6) is 0 Å². The number of hydrogen-bond acceptors (Lipinski definition) is 3. The summed E-state index contributed by atoms with van der Waals surface area (Å²) >= 11 is 1.63. The van der Waals surface area contributed by atoms with E-state index in [2.05, 4.69) is 5.32 Å². The predicted octanol–water partition coefficient (Wildman–Crippen LogP) is 2.20. The van der Waals surface area contributed by atoms with Crippen molar-refractivity contribution in [2.45, 2.75) is 32.7 Å². The zero-order chi connectivity index (χ0) is 14.5. The molecule has 0 saturated carbocycles. The van der Waals surface area contributed by atoms with E-state index in [1.807, 2.05) is 29.3 Å². The third-order valence-electron chi connectivity index (χ3n) is 3.57. The molecule has 5 heteroatoms. The topological polar surface area (TPSA) is 49.4 Å². The Morgan fingerprint density at radius 3 is 2.65 bits per heavy atom. The third kappa shape index (κ3) is 3.93. The van der Waals surface area contributed by atoms with E-state index in [1.54, 1.807) is 24.3 Å². The number of piperidine rings is 1.